The van der Waals surface area contributed by atoms with Gasteiger partial charge in [-0.25, -0.2) is 4.98 Å². The van der Waals surface area contributed by atoms with E-state index < -0.39 is 11.7 Å². The molecule has 0 bridgehead atoms. The van der Waals surface area contributed by atoms with Crippen LogP contribution in [0.5, 0.6) is 0 Å². The van der Waals surface area contributed by atoms with Crippen LogP contribution in [0.2, 0.25) is 0 Å². The number of aromatic nitrogens is 2. The Morgan fingerprint density at radius 2 is 1.81 bits per heavy atom. The van der Waals surface area contributed by atoms with E-state index in [-0.39, 0.29) is 17.1 Å². The Balaban J connectivity index is 2.27. The van der Waals surface area contributed by atoms with Crippen LogP contribution in [0.15, 0.2) is 48.8 Å². The summed E-state index contributed by atoms with van der Waals surface area (Å²) in [5, 5.41) is 1.32. The Kier molecular flexibility index (Phi) is 3.01. The Morgan fingerprint density at radius 1 is 1.05 bits per heavy atom. The van der Waals surface area contributed by atoms with Crippen LogP contribution in [-0.4, -0.2) is 9.97 Å². The van der Waals surface area contributed by atoms with Gasteiger partial charge in [-0.15, -0.1) is 0 Å². The van der Waals surface area contributed by atoms with Gasteiger partial charge in [0, 0.05) is 28.7 Å². The number of pyridine rings is 2. The van der Waals surface area contributed by atoms with Crippen LogP contribution in [0, 0.1) is 0 Å². The zero-order valence-electron chi connectivity index (χ0n) is 10.7. The van der Waals surface area contributed by atoms with Crippen LogP contribution in [-0.2, 0) is 6.18 Å². The van der Waals surface area contributed by atoms with Crippen LogP contribution in [0.25, 0.3) is 22.0 Å². The van der Waals surface area contributed by atoms with Crippen molar-refractivity contribution in [3.05, 3.63) is 54.4 Å². The van der Waals surface area contributed by atoms with Crippen molar-refractivity contribution in [3.8, 4) is 11.3 Å². The number of nitrogen functional groups attached to an aromatic ring is 1. The topological polar surface area (TPSA) is 51.8 Å². The van der Waals surface area contributed by atoms with E-state index in [9.17, 15) is 13.2 Å². The van der Waals surface area contributed by atoms with Gasteiger partial charge in [0.2, 0.25) is 0 Å². The third-order valence-electron chi connectivity index (χ3n) is 3.17. The molecule has 0 fully saturated rings. The van der Waals surface area contributed by atoms with E-state index in [0.29, 0.717) is 10.8 Å². The lowest BCUT2D eigenvalue weighted by Crippen LogP contribution is -2.07. The fourth-order valence-electron chi connectivity index (χ4n) is 2.22. The van der Waals surface area contributed by atoms with E-state index >= 15 is 0 Å². The summed E-state index contributed by atoms with van der Waals surface area (Å²) in [6.45, 7) is 0. The number of anilines is 1. The highest BCUT2D eigenvalue weighted by Gasteiger charge is 2.33. The molecule has 0 saturated carbocycles. The number of fused-ring (bicyclic) bond motifs is 1. The van der Waals surface area contributed by atoms with Crippen LogP contribution in [0.4, 0.5) is 19.0 Å². The number of hydrogen-bond acceptors (Lipinski definition) is 3. The molecule has 2 N–H and O–H groups in total. The number of nitrogens with zero attached hydrogens (tertiary/aromatic N) is 2. The van der Waals surface area contributed by atoms with Crippen molar-refractivity contribution >= 4 is 16.6 Å². The summed E-state index contributed by atoms with van der Waals surface area (Å²) in [5.41, 5.74) is 5.28. The first-order valence-corrected chi connectivity index (χ1v) is 6.13. The summed E-state index contributed by atoms with van der Waals surface area (Å²) >= 11 is 0. The molecule has 2 heterocycles. The number of alkyl halides is 3. The lowest BCUT2D eigenvalue weighted by Gasteiger charge is -2.13. The number of benzene rings is 1. The molecule has 0 spiro atoms. The van der Waals surface area contributed by atoms with E-state index in [1.165, 1.54) is 18.2 Å². The van der Waals surface area contributed by atoms with Gasteiger partial charge in [0.05, 0.1) is 11.3 Å². The third-order valence-corrected chi connectivity index (χ3v) is 3.17. The van der Waals surface area contributed by atoms with Gasteiger partial charge in [-0.3, -0.25) is 4.98 Å². The summed E-state index contributed by atoms with van der Waals surface area (Å²) in [5.74, 6) is 0.182. The van der Waals surface area contributed by atoms with Gasteiger partial charge in [0.1, 0.15) is 5.82 Å². The number of rotatable bonds is 1. The van der Waals surface area contributed by atoms with Gasteiger partial charge in [-0.2, -0.15) is 13.2 Å². The predicted octanol–water partition coefficient (Wildman–Crippen LogP) is 3.90. The molecule has 6 heteroatoms. The predicted molar refractivity (Wildman–Crippen MR) is 74.4 cm³/mol. The second-order valence-electron chi connectivity index (χ2n) is 4.53. The molecule has 0 aliphatic rings. The Bertz CT molecular complexity index is 813. The average molecular weight is 289 g/mol. The molecule has 106 valence electrons. The second-order valence-corrected chi connectivity index (χ2v) is 4.53. The van der Waals surface area contributed by atoms with Gasteiger partial charge in [-0.05, 0) is 18.2 Å². The molecule has 3 nitrogen and oxygen atoms in total. The molecule has 3 aromatic rings. The van der Waals surface area contributed by atoms with Gasteiger partial charge in [-0.1, -0.05) is 18.2 Å². The van der Waals surface area contributed by atoms with Crippen molar-refractivity contribution in [3.63, 3.8) is 0 Å². The highest BCUT2D eigenvalue weighted by atomic mass is 19.4. The lowest BCUT2D eigenvalue weighted by atomic mass is 10.0. The molecule has 0 aliphatic heterocycles. The first-order valence-electron chi connectivity index (χ1n) is 6.13. The van der Waals surface area contributed by atoms with Gasteiger partial charge in [0.25, 0.3) is 0 Å². The van der Waals surface area contributed by atoms with Gasteiger partial charge in [0.15, 0.2) is 0 Å². The number of hydrogen-bond donors (Lipinski definition) is 1. The molecule has 0 aliphatic carbocycles. The van der Waals surface area contributed by atoms with E-state index in [1.807, 2.05) is 0 Å². The maximum Gasteiger partial charge on any atom is 0.417 e. The van der Waals surface area contributed by atoms with Crippen LogP contribution < -0.4 is 5.73 Å². The molecule has 0 atom stereocenters. The number of nitrogens with two attached hydrogens (primary N) is 1. The van der Waals surface area contributed by atoms with Crippen LogP contribution in [0.3, 0.4) is 0 Å². The fourth-order valence-corrected chi connectivity index (χ4v) is 2.22. The third kappa shape index (κ3) is 2.40. The average Bonchev–Trinajstić information content (AvgIpc) is 2.46. The monoisotopic (exact) mass is 289 g/mol. The Hall–Kier alpha value is -2.63. The first-order chi connectivity index (χ1) is 9.97. The van der Waals surface area contributed by atoms with E-state index in [0.717, 1.165) is 6.07 Å². The molecule has 21 heavy (non-hydrogen) atoms. The van der Waals surface area contributed by atoms with Crippen molar-refractivity contribution in [1.29, 1.82) is 0 Å². The molecule has 0 unspecified atom stereocenters. The van der Waals surface area contributed by atoms with Crippen molar-refractivity contribution in [2.75, 3.05) is 5.73 Å². The minimum atomic E-state index is -4.45. The number of halogens is 3. The van der Waals surface area contributed by atoms with E-state index in [4.69, 9.17) is 5.73 Å². The summed E-state index contributed by atoms with van der Waals surface area (Å²) < 4.78 is 39.2. The fraction of sp³-hybridized carbons (Fsp3) is 0.0667. The molecule has 0 radical (unpaired) electrons. The minimum absolute atomic E-state index is 0.00227. The molecule has 3 rings (SSSR count). The Morgan fingerprint density at radius 3 is 2.57 bits per heavy atom. The molecule has 2 aromatic heterocycles. The largest absolute Gasteiger partial charge is 0.417 e. The van der Waals surface area contributed by atoms with Gasteiger partial charge >= 0.3 is 6.18 Å². The first kappa shape index (κ1) is 13.4. The van der Waals surface area contributed by atoms with Gasteiger partial charge < -0.3 is 5.73 Å². The SMILES string of the molecule is Nc1nc(-c2ccccc2C(F)(F)F)cc2cnccc12. The molecular formula is C15H10F3N3. The molecular weight excluding hydrogens is 279 g/mol. The lowest BCUT2D eigenvalue weighted by molar-refractivity contribution is -0.137. The summed E-state index contributed by atoms with van der Waals surface area (Å²) in [6.07, 6.45) is -1.34. The minimum Gasteiger partial charge on any atom is -0.383 e. The van der Waals surface area contributed by atoms with E-state index in [1.54, 1.807) is 24.5 Å². The van der Waals surface area contributed by atoms with Crippen molar-refractivity contribution in [2.45, 2.75) is 6.18 Å². The molecule has 0 amide bonds. The smallest absolute Gasteiger partial charge is 0.383 e. The highest BCUT2D eigenvalue weighted by molar-refractivity contribution is 5.93. The zero-order chi connectivity index (χ0) is 15.0. The second kappa shape index (κ2) is 4.73. The van der Waals surface area contributed by atoms with Crippen molar-refractivity contribution in [2.24, 2.45) is 0 Å². The summed E-state index contributed by atoms with van der Waals surface area (Å²) in [7, 11) is 0. The van der Waals surface area contributed by atoms with Crippen LogP contribution in [0.1, 0.15) is 5.56 Å². The van der Waals surface area contributed by atoms with Crippen LogP contribution >= 0.6 is 0 Å². The molecule has 0 saturated heterocycles. The van der Waals surface area contributed by atoms with Crippen molar-refractivity contribution < 1.29 is 13.2 Å². The maximum atomic E-state index is 13.1. The highest BCUT2D eigenvalue weighted by Crippen LogP contribution is 2.37. The molecule has 1 aromatic carbocycles. The summed E-state index contributed by atoms with van der Waals surface area (Å²) in [6, 6.07) is 8.53. The van der Waals surface area contributed by atoms with Crippen molar-refractivity contribution in [1.82, 2.24) is 9.97 Å². The standard InChI is InChI=1S/C15H10F3N3/c16-15(17,18)12-4-2-1-3-11(12)13-7-9-8-20-6-5-10(9)14(19)21-13/h1-8H,(H2,19,21). The summed E-state index contributed by atoms with van der Waals surface area (Å²) in [4.78, 5) is 8.05. The Labute approximate surface area is 118 Å². The quantitative estimate of drug-likeness (QED) is 0.739. The maximum absolute atomic E-state index is 13.1. The zero-order valence-corrected chi connectivity index (χ0v) is 10.7. The van der Waals surface area contributed by atoms with E-state index in [2.05, 4.69) is 9.97 Å². The normalized spacial score (nSPS) is 11.8.